The number of halogens is 2. The fourth-order valence-corrected chi connectivity index (χ4v) is 3.52. The highest BCUT2D eigenvalue weighted by Gasteiger charge is 2.19. The number of imidazole rings is 1. The molecule has 0 spiro atoms. The summed E-state index contributed by atoms with van der Waals surface area (Å²) in [5, 5.41) is 0.658. The number of hydrogen-bond donors (Lipinski definition) is 1. The Balaban J connectivity index is 2.32. The molecule has 10 heteroatoms. The Labute approximate surface area is 162 Å². The lowest BCUT2D eigenvalue weighted by atomic mass is 10.2. The standard InChI is InChI=1S/C16H12ClFN4O2S2/c1-4-5-24-11-7-10(9(18)6-8(11)17)22-14(23)12-13(19-15(22)25)20-16(26-3)21(12)2/h1,6-7H,5H2,2-3H3,(H,19,25). The number of fused-ring (bicyclic) bond motifs is 1. The second-order valence-corrected chi connectivity index (χ2v) is 6.72. The molecule has 26 heavy (non-hydrogen) atoms. The monoisotopic (exact) mass is 410 g/mol. The predicted molar refractivity (Wildman–Crippen MR) is 103 cm³/mol. The number of terminal acetylenes is 1. The van der Waals surface area contributed by atoms with E-state index in [-0.39, 0.29) is 33.4 Å². The molecule has 2 heterocycles. The van der Waals surface area contributed by atoms with E-state index in [2.05, 4.69) is 15.9 Å². The summed E-state index contributed by atoms with van der Waals surface area (Å²) in [5.41, 5.74) is -0.00526. The summed E-state index contributed by atoms with van der Waals surface area (Å²) in [6.07, 6.45) is 7.00. The average molecular weight is 411 g/mol. The number of rotatable bonds is 4. The minimum atomic E-state index is -0.726. The third kappa shape index (κ3) is 3.00. The van der Waals surface area contributed by atoms with Gasteiger partial charge < -0.3 is 14.3 Å². The van der Waals surface area contributed by atoms with Crippen LogP contribution < -0.4 is 10.3 Å². The number of thioether (sulfide) groups is 1. The molecule has 1 N–H and O–H groups in total. The quantitative estimate of drug-likeness (QED) is 0.406. The number of aromatic nitrogens is 4. The van der Waals surface area contributed by atoms with E-state index in [1.807, 2.05) is 6.26 Å². The van der Waals surface area contributed by atoms with Crippen molar-refractivity contribution < 1.29 is 9.13 Å². The molecule has 3 rings (SSSR count). The van der Waals surface area contributed by atoms with Crippen LogP contribution in [0.3, 0.4) is 0 Å². The molecule has 0 bridgehead atoms. The fraction of sp³-hybridized carbons (Fsp3) is 0.188. The minimum Gasteiger partial charge on any atom is -0.479 e. The lowest BCUT2D eigenvalue weighted by Gasteiger charge is -2.12. The number of nitrogens with one attached hydrogen (secondary N) is 1. The Morgan fingerprint density at radius 2 is 2.27 bits per heavy atom. The van der Waals surface area contributed by atoms with Gasteiger partial charge in [0.25, 0.3) is 5.56 Å². The van der Waals surface area contributed by atoms with Gasteiger partial charge in [-0.25, -0.2) is 13.9 Å². The Morgan fingerprint density at radius 3 is 2.92 bits per heavy atom. The van der Waals surface area contributed by atoms with Gasteiger partial charge in [-0.2, -0.15) is 0 Å². The fourth-order valence-electron chi connectivity index (χ4n) is 2.49. The first-order valence-electron chi connectivity index (χ1n) is 7.20. The van der Waals surface area contributed by atoms with Crippen LogP contribution >= 0.6 is 35.6 Å². The second-order valence-electron chi connectivity index (χ2n) is 5.15. The van der Waals surface area contributed by atoms with Crippen LogP contribution in [0.2, 0.25) is 5.02 Å². The van der Waals surface area contributed by atoms with Crippen molar-refractivity contribution in [3.8, 4) is 23.8 Å². The molecule has 0 saturated heterocycles. The van der Waals surface area contributed by atoms with Crippen molar-refractivity contribution in [3.05, 3.63) is 38.1 Å². The molecular formula is C16H12ClFN4O2S2. The number of aryl methyl sites for hydroxylation is 1. The zero-order valence-electron chi connectivity index (χ0n) is 13.7. The topological polar surface area (TPSA) is 64.8 Å². The number of ether oxygens (including phenoxy) is 1. The van der Waals surface area contributed by atoms with Gasteiger partial charge in [-0.1, -0.05) is 29.3 Å². The number of benzene rings is 1. The van der Waals surface area contributed by atoms with Crippen LogP contribution in [0, 0.1) is 22.9 Å². The summed E-state index contributed by atoms with van der Waals surface area (Å²) in [4.78, 5) is 20.2. The molecule has 0 aliphatic heterocycles. The maximum absolute atomic E-state index is 14.5. The van der Waals surface area contributed by atoms with Gasteiger partial charge in [0.2, 0.25) is 0 Å². The molecule has 2 aromatic heterocycles. The van der Waals surface area contributed by atoms with Crippen LogP contribution in [0.15, 0.2) is 22.1 Å². The molecule has 134 valence electrons. The van der Waals surface area contributed by atoms with Gasteiger partial charge in [0.1, 0.15) is 18.2 Å². The number of aromatic amines is 1. The molecular weight excluding hydrogens is 399 g/mol. The van der Waals surface area contributed by atoms with Gasteiger partial charge in [-0.05, 0) is 24.5 Å². The summed E-state index contributed by atoms with van der Waals surface area (Å²) in [5.74, 6) is 1.72. The summed E-state index contributed by atoms with van der Waals surface area (Å²) in [6, 6.07) is 2.34. The first-order chi connectivity index (χ1) is 12.4. The summed E-state index contributed by atoms with van der Waals surface area (Å²) in [6.45, 7) is -0.0512. The van der Waals surface area contributed by atoms with Gasteiger partial charge in [-0.3, -0.25) is 4.79 Å². The van der Waals surface area contributed by atoms with E-state index >= 15 is 0 Å². The first-order valence-corrected chi connectivity index (χ1v) is 9.21. The van der Waals surface area contributed by atoms with Gasteiger partial charge in [0.05, 0.1) is 10.7 Å². The highest BCUT2D eigenvalue weighted by molar-refractivity contribution is 7.98. The van der Waals surface area contributed by atoms with Crippen LogP contribution in [0.25, 0.3) is 16.9 Å². The van der Waals surface area contributed by atoms with E-state index in [9.17, 15) is 9.18 Å². The number of H-pyrrole nitrogens is 1. The molecule has 6 nitrogen and oxygen atoms in total. The van der Waals surface area contributed by atoms with Gasteiger partial charge in [0.15, 0.2) is 21.1 Å². The maximum atomic E-state index is 14.5. The molecule has 0 saturated carbocycles. The van der Waals surface area contributed by atoms with Crippen molar-refractivity contribution in [2.45, 2.75) is 5.16 Å². The second kappa shape index (κ2) is 7.15. The van der Waals surface area contributed by atoms with E-state index in [0.29, 0.717) is 10.8 Å². The Morgan fingerprint density at radius 1 is 1.54 bits per heavy atom. The van der Waals surface area contributed by atoms with Crippen molar-refractivity contribution in [2.24, 2.45) is 7.05 Å². The van der Waals surface area contributed by atoms with Crippen molar-refractivity contribution in [3.63, 3.8) is 0 Å². The van der Waals surface area contributed by atoms with E-state index in [0.717, 1.165) is 10.6 Å². The Bertz CT molecular complexity index is 1180. The lowest BCUT2D eigenvalue weighted by Crippen LogP contribution is -2.23. The smallest absolute Gasteiger partial charge is 0.285 e. The van der Waals surface area contributed by atoms with E-state index in [1.165, 1.54) is 17.8 Å². The molecule has 3 aromatic rings. The summed E-state index contributed by atoms with van der Waals surface area (Å²) >= 11 is 12.6. The summed E-state index contributed by atoms with van der Waals surface area (Å²) in [7, 11) is 1.70. The minimum absolute atomic E-state index is 0.00243. The van der Waals surface area contributed by atoms with E-state index < -0.39 is 11.4 Å². The predicted octanol–water partition coefficient (Wildman–Crippen LogP) is 3.31. The van der Waals surface area contributed by atoms with Gasteiger partial charge in [-0.15, -0.1) is 6.42 Å². The molecule has 1 aromatic carbocycles. The third-order valence-electron chi connectivity index (χ3n) is 3.62. The molecule has 0 radical (unpaired) electrons. The largest absolute Gasteiger partial charge is 0.479 e. The normalized spacial score (nSPS) is 10.9. The molecule has 0 atom stereocenters. The van der Waals surface area contributed by atoms with Crippen LogP contribution in [0.4, 0.5) is 4.39 Å². The van der Waals surface area contributed by atoms with Crippen molar-refractivity contribution in [2.75, 3.05) is 12.9 Å². The average Bonchev–Trinajstić information content (AvgIpc) is 2.91. The zero-order chi connectivity index (χ0) is 19.0. The van der Waals surface area contributed by atoms with Crippen molar-refractivity contribution in [1.82, 2.24) is 19.1 Å². The molecule has 0 unspecified atom stereocenters. The highest BCUT2D eigenvalue weighted by Crippen LogP contribution is 2.29. The van der Waals surface area contributed by atoms with Crippen LogP contribution in [-0.4, -0.2) is 32.0 Å². The number of nitrogens with zero attached hydrogens (tertiary/aromatic N) is 3. The first kappa shape index (κ1) is 18.5. The zero-order valence-corrected chi connectivity index (χ0v) is 16.1. The van der Waals surface area contributed by atoms with Crippen molar-refractivity contribution in [1.29, 1.82) is 0 Å². The Kier molecular flexibility index (Phi) is 5.09. The Hall–Kier alpha value is -2.28. The molecule has 0 fully saturated rings. The molecule has 0 aliphatic rings. The van der Waals surface area contributed by atoms with Crippen LogP contribution in [-0.2, 0) is 7.05 Å². The van der Waals surface area contributed by atoms with Crippen molar-refractivity contribution >= 4 is 46.7 Å². The number of hydrogen-bond acceptors (Lipinski definition) is 5. The van der Waals surface area contributed by atoms with Crippen LogP contribution in [0.5, 0.6) is 5.75 Å². The van der Waals surface area contributed by atoms with Gasteiger partial charge >= 0.3 is 0 Å². The highest BCUT2D eigenvalue weighted by atomic mass is 35.5. The maximum Gasteiger partial charge on any atom is 0.285 e. The van der Waals surface area contributed by atoms with E-state index in [1.54, 1.807) is 11.6 Å². The third-order valence-corrected chi connectivity index (χ3v) is 4.93. The van der Waals surface area contributed by atoms with E-state index in [4.69, 9.17) is 35.0 Å². The molecule has 0 aliphatic carbocycles. The lowest BCUT2D eigenvalue weighted by molar-refractivity contribution is 0.369. The van der Waals surface area contributed by atoms with Crippen LogP contribution in [0.1, 0.15) is 0 Å². The SMILES string of the molecule is C#CCOc1cc(-n2c(=S)[nH]c3nc(SC)n(C)c3c2=O)c(F)cc1Cl. The van der Waals surface area contributed by atoms with Gasteiger partial charge in [0, 0.05) is 13.1 Å². The molecule has 0 amide bonds. The summed E-state index contributed by atoms with van der Waals surface area (Å²) < 4.78 is 22.5.